The summed E-state index contributed by atoms with van der Waals surface area (Å²) in [7, 11) is 1.65. The predicted octanol–water partition coefficient (Wildman–Crippen LogP) is 0.602. The molecule has 0 spiro atoms. The molecule has 1 fully saturated rings. The SMILES string of the molecule is COC1(N2CCOCC2)C=CC=CC1C=O. The summed E-state index contributed by atoms with van der Waals surface area (Å²) in [4.78, 5) is 13.3. The average Bonchev–Trinajstić information content (AvgIpc) is 2.39. The summed E-state index contributed by atoms with van der Waals surface area (Å²) in [6, 6.07) is 0. The van der Waals surface area contributed by atoms with Gasteiger partial charge >= 0.3 is 0 Å². The van der Waals surface area contributed by atoms with Gasteiger partial charge in [-0.2, -0.15) is 0 Å². The Kier molecular flexibility index (Phi) is 3.53. The Bertz CT molecular complexity index is 307. The normalized spacial score (nSPS) is 35.2. The first-order valence-electron chi connectivity index (χ1n) is 5.53. The van der Waals surface area contributed by atoms with Gasteiger partial charge in [-0.15, -0.1) is 0 Å². The van der Waals surface area contributed by atoms with Crippen molar-refractivity contribution in [2.75, 3.05) is 33.4 Å². The van der Waals surface area contributed by atoms with Crippen LogP contribution in [-0.4, -0.2) is 50.3 Å². The molecule has 0 aromatic heterocycles. The minimum atomic E-state index is -0.625. The summed E-state index contributed by atoms with van der Waals surface area (Å²) in [6.07, 6.45) is 8.60. The Balaban J connectivity index is 2.25. The third-order valence-corrected chi connectivity index (χ3v) is 3.22. The molecule has 0 N–H and O–H groups in total. The Morgan fingerprint density at radius 1 is 1.44 bits per heavy atom. The Hall–Kier alpha value is -0.970. The highest BCUT2D eigenvalue weighted by Crippen LogP contribution is 2.31. The first-order chi connectivity index (χ1) is 7.83. The molecule has 2 atom stereocenters. The van der Waals surface area contributed by atoms with E-state index in [2.05, 4.69) is 4.90 Å². The zero-order valence-electron chi connectivity index (χ0n) is 9.46. The van der Waals surface area contributed by atoms with Crippen LogP contribution >= 0.6 is 0 Å². The van der Waals surface area contributed by atoms with E-state index >= 15 is 0 Å². The lowest BCUT2D eigenvalue weighted by Gasteiger charge is -2.45. The number of rotatable bonds is 3. The molecule has 0 aromatic carbocycles. The lowest BCUT2D eigenvalue weighted by Crippen LogP contribution is -2.58. The van der Waals surface area contributed by atoms with E-state index in [4.69, 9.17) is 9.47 Å². The summed E-state index contributed by atoms with van der Waals surface area (Å²) < 4.78 is 10.9. The van der Waals surface area contributed by atoms with E-state index in [1.54, 1.807) is 7.11 Å². The molecule has 2 rings (SSSR count). The maximum Gasteiger partial charge on any atom is 0.153 e. The van der Waals surface area contributed by atoms with Crippen molar-refractivity contribution in [3.05, 3.63) is 24.3 Å². The summed E-state index contributed by atoms with van der Waals surface area (Å²) in [5.41, 5.74) is -0.625. The highest BCUT2D eigenvalue weighted by molar-refractivity contribution is 5.61. The summed E-state index contributed by atoms with van der Waals surface area (Å²) in [6.45, 7) is 2.95. The van der Waals surface area contributed by atoms with Gasteiger partial charge in [-0.3, -0.25) is 4.90 Å². The number of hydrogen-bond donors (Lipinski definition) is 0. The van der Waals surface area contributed by atoms with E-state index in [0.29, 0.717) is 13.2 Å². The molecule has 1 saturated heterocycles. The number of morpholine rings is 1. The largest absolute Gasteiger partial charge is 0.379 e. The smallest absolute Gasteiger partial charge is 0.153 e. The molecule has 0 saturated carbocycles. The maximum atomic E-state index is 11.2. The molecule has 2 unspecified atom stereocenters. The average molecular weight is 223 g/mol. The van der Waals surface area contributed by atoms with Gasteiger partial charge in [0.2, 0.25) is 0 Å². The number of hydrogen-bond acceptors (Lipinski definition) is 4. The Morgan fingerprint density at radius 2 is 2.19 bits per heavy atom. The highest BCUT2D eigenvalue weighted by atomic mass is 16.5. The number of allylic oxidation sites excluding steroid dienone is 2. The van der Waals surface area contributed by atoms with E-state index in [1.165, 1.54) is 0 Å². The van der Waals surface area contributed by atoms with Gasteiger partial charge in [0.1, 0.15) is 6.29 Å². The van der Waals surface area contributed by atoms with E-state index in [9.17, 15) is 4.79 Å². The maximum absolute atomic E-state index is 11.2. The van der Waals surface area contributed by atoms with Crippen LogP contribution in [0, 0.1) is 5.92 Å². The van der Waals surface area contributed by atoms with Crippen LogP contribution in [0.1, 0.15) is 0 Å². The number of carbonyl (C=O) groups excluding carboxylic acids is 1. The fourth-order valence-corrected chi connectivity index (χ4v) is 2.33. The Labute approximate surface area is 95.5 Å². The second-order valence-electron chi connectivity index (χ2n) is 3.96. The molecule has 0 bridgehead atoms. The molecule has 1 heterocycles. The van der Waals surface area contributed by atoms with E-state index in [0.717, 1.165) is 19.4 Å². The molecular formula is C12H17NO3. The zero-order valence-corrected chi connectivity index (χ0v) is 9.46. The fourth-order valence-electron chi connectivity index (χ4n) is 2.33. The summed E-state index contributed by atoms with van der Waals surface area (Å²) in [5.74, 6) is -0.249. The van der Waals surface area contributed by atoms with Gasteiger partial charge in [0.25, 0.3) is 0 Å². The second-order valence-corrected chi connectivity index (χ2v) is 3.96. The van der Waals surface area contributed by atoms with Gasteiger partial charge in [0, 0.05) is 20.2 Å². The number of aldehydes is 1. The zero-order chi connectivity index (χ0) is 11.4. The molecule has 0 amide bonds. The van der Waals surface area contributed by atoms with Gasteiger partial charge in [0.05, 0.1) is 19.1 Å². The van der Waals surface area contributed by atoms with Crippen LogP contribution < -0.4 is 0 Å². The number of ether oxygens (including phenoxy) is 2. The Morgan fingerprint density at radius 3 is 2.81 bits per heavy atom. The minimum absolute atomic E-state index is 0.249. The predicted molar refractivity (Wildman–Crippen MR) is 60.0 cm³/mol. The summed E-state index contributed by atoms with van der Waals surface area (Å²) in [5, 5.41) is 0. The molecule has 2 aliphatic rings. The fraction of sp³-hybridized carbons (Fsp3) is 0.583. The van der Waals surface area contributed by atoms with Crippen LogP contribution in [0.3, 0.4) is 0 Å². The molecule has 4 heteroatoms. The number of carbonyl (C=O) groups is 1. The topological polar surface area (TPSA) is 38.8 Å². The molecule has 0 aromatic rings. The van der Waals surface area contributed by atoms with E-state index < -0.39 is 5.72 Å². The molecule has 0 radical (unpaired) electrons. The molecule has 4 nitrogen and oxygen atoms in total. The molecule has 16 heavy (non-hydrogen) atoms. The first kappa shape index (κ1) is 11.5. The quantitative estimate of drug-likeness (QED) is 0.657. The second kappa shape index (κ2) is 4.91. The van der Waals surface area contributed by atoms with Crippen molar-refractivity contribution in [3.63, 3.8) is 0 Å². The monoisotopic (exact) mass is 223 g/mol. The highest BCUT2D eigenvalue weighted by Gasteiger charge is 2.42. The standard InChI is InChI=1S/C12H17NO3/c1-15-12(13-6-8-16-9-7-13)5-3-2-4-11(12)10-14/h2-5,10-11H,6-9H2,1H3. The van der Waals surface area contributed by atoms with Crippen molar-refractivity contribution in [2.45, 2.75) is 5.72 Å². The third kappa shape index (κ3) is 1.84. The van der Waals surface area contributed by atoms with Gasteiger partial charge in [-0.25, -0.2) is 0 Å². The molecule has 1 aliphatic carbocycles. The van der Waals surface area contributed by atoms with Gasteiger partial charge < -0.3 is 14.3 Å². The van der Waals surface area contributed by atoms with Crippen LogP contribution in [0.5, 0.6) is 0 Å². The van der Waals surface area contributed by atoms with Crippen molar-refractivity contribution in [1.82, 2.24) is 4.90 Å². The van der Waals surface area contributed by atoms with Crippen LogP contribution in [0.25, 0.3) is 0 Å². The van der Waals surface area contributed by atoms with Crippen LogP contribution in [0.4, 0.5) is 0 Å². The lowest BCUT2D eigenvalue weighted by molar-refractivity contribution is -0.157. The number of nitrogens with zero attached hydrogens (tertiary/aromatic N) is 1. The van der Waals surface area contributed by atoms with Crippen molar-refractivity contribution >= 4 is 6.29 Å². The van der Waals surface area contributed by atoms with Gasteiger partial charge in [-0.1, -0.05) is 18.2 Å². The van der Waals surface area contributed by atoms with E-state index in [-0.39, 0.29) is 5.92 Å². The van der Waals surface area contributed by atoms with Crippen molar-refractivity contribution in [2.24, 2.45) is 5.92 Å². The van der Waals surface area contributed by atoms with Crippen molar-refractivity contribution in [1.29, 1.82) is 0 Å². The van der Waals surface area contributed by atoms with Gasteiger partial charge in [-0.05, 0) is 6.08 Å². The van der Waals surface area contributed by atoms with Crippen molar-refractivity contribution < 1.29 is 14.3 Å². The minimum Gasteiger partial charge on any atom is -0.379 e. The van der Waals surface area contributed by atoms with Gasteiger partial charge in [0.15, 0.2) is 5.72 Å². The molecular weight excluding hydrogens is 206 g/mol. The molecule has 88 valence electrons. The summed E-state index contributed by atoms with van der Waals surface area (Å²) >= 11 is 0. The number of methoxy groups -OCH3 is 1. The third-order valence-electron chi connectivity index (χ3n) is 3.22. The lowest BCUT2D eigenvalue weighted by atomic mass is 9.90. The first-order valence-corrected chi connectivity index (χ1v) is 5.53. The van der Waals surface area contributed by atoms with E-state index in [1.807, 2.05) is 24.3 Å². The van der Waals surface area contributed by atoms with Crippen molar-refractivity contribution in [3.8, 4) is 0 Å². The van der Waals surface area contributed by atoms with Crippen LogP contribution in [-0.2, 0) is 14.3 Å². The van der Waals surface area contributed by atoms with Crippen LogP contribution in [0.15, 0.2) is 24.3 Å². The molecule has 1 aliphatic heterocycles. The van der Waals surface area contributed by atoms with Crippen LogP contribution in [0.2, 0.25) is 0 Å².